The zero-order valence-electron chi connectivity index (χ0n) is 6.45. The first kappa shape index (κ1) is 7.23. The first-order chi connectivity index (χ1) is 5.68. The number of Topliss-reactive ketones (excluding diaryl/α,β-unsaturated/α-hetero) is 1. The van der Waals surface area contributed by atoms with Crippen molar-refractivity contribution in [3.63, 3.8) is 0 Å². The molecular formula is C6H9N5O. The van der Waals surface area contributed by atoms with Gasteiger partial charge in [0, 0.05) is 0 Å². The molecule has 1 saturated heterocycles. The molecule has 2 aliphatic rings. The van der Waals surface area contributed by atoms with Gasteiger partial charge in [-0.05, 0) is 0 Å². The second-order valence-corrected chi connectivity index (χ2v) is 2.82. The van der Waals surface area contributed by atoms with Crippen LogP contribution in [0.15, 0.2) is 4.99 Å². The number of ketones is 1. The highest BCUT2D eigenvalue weighted by Crippen LogP contribution is 2.10. The van der Waals surface area contributed by atoms with Crippen LogP contribution in [0.1, 0.15) is 0 Å². The molecule has 0 atom stereocenters. The predicted molar refractivity (Wildman–Crippen MR) is 42.6 cm³/mol. The van der Waals surface area contributed by atoms with Gasteiger partial charge in [-0.25, -0.2) is 10.8 Å². The predicted octanol–water partition coefficient (Wildman–Crippen LogP) is -1.61. The summed E-state index contributed by atoms with van der Waals surface area (Å²) in [6.07, 6.45) is 0. The average Bonchev–Trinajstić information content (AvgIpc) is 2.28. The highest BCUT2D eigenvalue weighted by atomic mass is 16.1. The highest BCUT2D eigenvalue weighted by molar-refractivity contribution is 6.09. The fourth-order valence-corrected chi connectivity index (χ4v) is 1.32. The molecule has 2 rings (SSSR count). The van der Waals surface area contributed by atoms with Crippen molar-refractivity contribution in [1.29, 1.82) is 5.41 Å². The van der Waals surface area contributed by atoms with Gasteiger partial charge in [0.25, 0.3) is 0 Å². The first-order valence-electron chi connectivity index (χ1n) is 3.62. The first-order valence-corrected chi connectivity index (χ1v) is 3.62. The van der Waals surface area contributed by atoms with E-state index in [1.807, 2.05) is 0 Å². The molecule has 1 fully saturated rings. The number of nitrogens with zero attached hydrogens (tertiary/aromatic N) is 3. The number of carbonyl (C=O) groups excluding carboxylic acids is 1. The lowest BCUT2D eigenvalue weighted by Gasteiger charge is -2.21. The van der Waals surface area contributed by atoms with Gasteiger partial charge in [0.05, 0.1) is 13.1 Å². The molecule has 2 aliphatic heterocycles. The molecule has 0 bridgehead atoms. The number of nitrogens with one attached hydrogen (secondary N) is 1. The number of nitrogens with two attached hydrogens (primary N) is 1. The minimum atomic E-state index is 0.0267. The number of guanidine groups is 1. The maximum Gasteiger partial charge on any atom is 0.217 e. The summed E-state index contributed by atoms with van der Waals surface area (Å²) in [7, 11) is 0. The fraction of sp³-hybridized carbons (Fsp3) is 0.500. The summed E-state index contributed by atoms with van der Waals surface area (Å²) in [6, 6.07) is 0. The van der Waals surface area contributed by atoms with Crippen LogP contribution < -0.4 is 5.84 Å². The summed E-state index contributed by atoms with van der Waals surface area (Å²) in [4.78, 5) is 16.4. The summed E-state index contributed by atoms with van der Waals surface area (Å²) < 4.78 is 0. The maximum absolute atomic E-state index is 11.0. The molecule has 6 heteroatoms. The van der Waals surface area contributed by atoms with Crippen molar-refractivity contribution in [2.24, 2.45) is 10.8 Å². The molecule has 0 aromatic rings. The molecule has 0 amide bonds. The second-order valence-electron chi connectivity index (χ2n) is 2.82. The third-order valence-corrected chi connectivity index (χ3v) is 1.88. The third kappa shape index (κ3) is 0.884. The summed E-state index contributed by atoms with van der Waals surface area (Å²) in [5.41, 5.74) is 0. The molecule has 64 valence electrons. The summed E-state index contributed by atoms with van der Waals surface area (Å²) in [6.45, 7) is 0.768. The maximum atomic E-state index is 11.0. The lowest BCUT2D eigenvalue weighted by molar-refractivity contribution is -0.117. The zero-order valence-corrected chi connectivity index (χ0v) is 6.45. The molecule has 12 heavy (non-hydrogen) atoms. The number of amidine groups is 1. The fourth-order valence-electron chi connectivity index (χ4n) is 1.32. The third-order valence-electron chi connectivity index (χ3n) is 1.88. The Morgan fingerprint density at radius 3 is 3.00 bits per heavy atom. The van der Waals surface area contributed by atoms with Crippen molar-refractivity contribution in [2.75, 3.05) is 19.6 Å². The zero-order chi connectivity index (χ0) is 8.72. The summed E-state index contributed by atoms with van der Waals surface area (Å²) in [5, 5.41) is 8.85. The van der Waals surface area contributed by atoms with E-state index in [-0.39, 0.29) is 18.9 Å². The van der Waals surface area contributed by atoms with E-state index in [1.54, 1.807) is 0 Å². The standard InChI is InChI=1S/C6H9N5O/c7-5-3-11(8)6-9-1-4(12)2-10(5)6/h7H,1-3,8H2. The van der Waals surface area contributed by atoms with Crippen LogP contribution in [0.3, 0.4) is 0 Å². The number of rotatable bonds is 0. The van der Waals surface area contributed by atoms with Gasteiger partial charge in [-0.2, -0.15) is 0 Å². The van der Waals surface area contributed by atoms with Gasteiger partial charge in [0.1, 0.15) is 12.4 Å². The van der Waals surface area contributed by atoms with E-state index in [1.165, 1.54) is 9.91 Å². The van der Waals surface area contributed by atoms with E-state index < -0.39 is 0 Å². The Morgan fingerprint density at radius 2 is 2.25 bits per heavy atom. The van der Waals surface area contributed by atoms with Crippen LogP contribution in [0.4, 0.5) is 0 Å². The Balaban J connectivity index is 2.32. The van der Waals surface area contributed by atoms with Crippen molar-refractivity contribution in [1.82, 2.24) is 9.91 Å². The Morgan fingerprint density at radius 1 is 1.50 bits per heavy atom. The van der Waals surface area contributed by atoms with Crippen LogP contribution in [-0.4, -0.2) is 47.1 Å². The van der Waals surface area contributed by atoms with Crippen LogP contribution in [0.2, 0.25) is 0 Å². The Labute approximate surface area is 69.1 Å². The molecule has 2 heterocycles. The topological polar surface area (TPSA) is 85.8 Å². The number of hydrogen-bond donors (Lipinski definition) is 2. The molecule has 0 spiro atoms. The van der Waals surface area contributed by atoms with Crippen LogP contribution in [0.25, 0.3) is 0 Å². The molecule has 0 saturated carbocycles. The van der Waals surface area contributed by atoms with Gasteiger partial charge in [0.15, 0.2) is 5.78 Å². The second kappa shape index (κ2) is 2.28. The van der Waals surface area contributed by atoms with Crippen molar-refractivity contribution in [2.45, 2.75) is 0 Å². The number of hydrazine groups is 1. The van der Waals surface area contributed by atoms with Crippen molar-refractivity contribution >= 4 is 17.6 Å². The van der Waals surface area contributed by atoms with Crippen molar-refractivity contribution in [3.05, 3.63) is 0 Å². The van der Waals surface area contributed by atoms with Crippen LogP contribution in [-0.2, 0) is 4.79 Å². The van der Waals surface area contributed by atoms with Gasteiger partial charge in [0.2, 0.25) is 5.96 Å². The van der Waals surface area contributed by atoms with Crippen LogP contribution in [0.5, 0.6) is 0 Å². The molecule has 0 radical (unpaired) electrons. The molecule has 0 aromatic heterocycles. The van der Waals surface area contributed by atoms with Gasteiger partial charge in [-0.3, -0.25) is 20.1 Å². The van der Waals surface area contributed by atoms with Crippen LogP contribution in [0, 0.1) is 5.41 Å². The molecule has 6 nitrogen and oxygen atoms in total. The minimum Gasteiger partial charge on any atom is -0.296 e. The number of hydrogen-bond acceptors (Lipinski definition) is 5. The summed E-state index contributed by atoms with van der Waals surface area (Å²) >= 11 is 0. The van der Waals surface area contributed by atoms with E-state index in [9.17, 15) is 4.79 Å². The lowest BCUT2D eigenvalue weighted by Crippen LogP contribution is -2.44. The Hall–Kier alpha value is -1.43. The van der Waals surface area contributed by atoms with Gasteiger partial charge < -0.3 is 0 Å². The van der Waals surface area contributed by atoms with Crippen molar-refractivity contribution < 1.29 is 4.79 Å². The average molecular weight is 167 g/mol. The lowest BCUT2D eigenvalue weighted by atomic mass is 10.3. The van der Waals surface area contributed by atoms with E-state index in [0.717, 1.165) is 0 Å². The molecule has 0 aliphatic carbocycles. The van der Waals surface area contributed by atoms with Gasteiger partial charge in [-0.15, -0.1) is 0 Å². The highest BCUT2D eigenvalue weighted by Gasteiger charge is 2.33. The quantitative estimate of drug-likeness (QED) is 0.425. The molecule has 0 unspecified atom stereocenters. The van der Waals surface area contributed by atoms with Gasteiger partial charge >= 0.3 is 0 Å². The van der Waals surface area contributed by atoms with Gasteiger partial charge in [-0.1, -0.05) is 0 Å². The smallest absolute Gasteiger partial charge is 0.217 e. The van der Waals surface area contributed by atoms with E-state index >= 15 is 0 Å². The van der Waals surface area contributed by atoms with E-state index in [0.29, 0.717) is 18.3 Å². The van der Waals surface area contributed by atoms with E-state index in [2.05, 4.69) is 4.99 Å². The minimum absolute atomic E-state index is 0.0267. The van der Waals surface area contributed by atoms with E-state index in [4.69, 9.17) is 11.3 Å². The Kier molecular flexibility index (Phi) is 1.37. The normalized spacial score (nSPS) is 22.9. The number of fused-ring (bicyclic) bond motifs is 1. The SMILES string of the molecule is N=C1CN(N)C2=NCC(=O)CN12. The molecule has 0 aromatic carbocycles. The number of carbonyl (C=O) groups is 1. The monoisotopic (exact) mass is 167 g/mol. The molecule has 3 N–H and O–H groups in total. The summed E-state index contributed by atoms with van der Waals surface area (Å²) in [5.74, 6) is 6.44. The molecular weight excluding hydrogens is 158 g/mol. The number of aliphatic imine (C=N–C) groups is 1. The Bertz CT molecular complexity index is 284. The van der Waals surface area contributed by atoms with Crippen molar-refractivity contribution in [3.8, 4) is 0 Å². The van der Waals surface area contributed by atoms with Crippen LogP contribution >= 0.6 is 0 Å². The largest absolute Gasteiger partial charge is 0.296 e.